The Hall–Kier alpha value is -0.400. The van der Waals surface area contributed by atoms with Crippen LogP contribution in [-0.2, 0) is 0 Å². The van der Waals surface area contributed by atoms with Crippen LogP contribution in [0.1, 0.15) is 32.6 Å². The second-order valence-electron chi connectivity index (χ2n) is 4.64. The zero-order chi connectivity index (χ0) is 11.5. The molecular formula is C13H17Cl2N. The molecule has 0 radical (unpaired) electrons. The van der Waals surface area contributed by atoms with Gasteiger partial charge >= 0.3 is 0 Å². The smallest absolute Gasteiger partial charge is 0.0441 e. The van der Waals surface area contributed by atoms with E-state index < -0.39 is 0 Å². The molecule has 1 aromatic rings. The van der Waals surface area contributed by atoms with E-state index in [1.165, 1.54) is 25.7 Å². The first-order valence-corrected chi connectivity index (χ1v) is 6.63. The van der Waals surface area contributed by atoms with Gasteiger partial charge in [-0.05, 0) is 43.9 Å². The minimum Gasteiger partial charge on any atom is -0.382 e. The number of anilines is 1. The summed E-state index contributed by atoms with van der Waals surface area (Å²) in [5.74, 6) is 0.790. The predicted octanol–water partition coefficient (Wildman–Crippen LogP) is 4.98. The van der Waals surface area contributed by atoms with E-state index in [4.69, 9.17) is 23.2 Å². The molecule has 0 heterocycles. The summed E-state index contributed by atoms with van der Waals surface area (Å²) in [7, 11) is 0. The number of halogens is 2. The molecule has 3 heteroatoms. The minimum atomic E-state index is 0.497. The third kappa shape index (κ3) is 3.05. The van der Waals surface area contributed by atoms with Crippen LogP contribution in [0.5, 0.6) is 0 Å². The predicted molar refractivity (Wildman–Crippen MR) is 71.5 cm³/mol. The van der Waals surface area contributed by atoms with Crippen LogP contribution >= 0.6 is 23.2 Å². The number of nitrogens with one attached hydrogen (secondary N) is 1. The van der Waals surface area contributed by atoms with Gasteiger partial charge in [0.15, 0.2) is 0 Å². The summed E-state index contributed by atoms with van der Waals surface area (Å²) < 4.78 is 0. The Morgan fingerprint density at radius 3 is 2.25 bits per heavy atom. The maximum Gasteiger partial charge on any atom is 0.0441 e. The van der Waals surface area contributed by atoms with E-state index in [-0.39, 0.29) is 0 Å². The van der Waals surface area contributed by atoms with E-state index in [0.29, 0.717) is 16.1 Å². The first-order valence-electron chi connectivity index (χ1n) is 5.88. The van der Waals surface area contributed by atoms with Crippen LogP contribution in [0.25, 0.3) is 0 Å². The van der Waals surface area contributed by atoms with Gasteiger partial charge in [0.25, 0.3) is 0 Å². The third-order valence-electron chi connectivity index (χ3n) is 3.36. The molecule has 1 aliphatic rings. The van der Waals surface area contributed by atoms with Gasteiger partial charge in [0.1, 0.15) is 0 Å². The van der Waals surface area contributed by atoms with Crippen molar-refractivity contribution in [1.82, 2.24) is 0 Å². The molecule has 2 rings (SSSR count). The fourth-order valence-electron chi connectivity index (χ4n) is 2.48. The highest BCUT2D eigenvalue weighted by molar-refractivity contribution is 6.35. The van der Waals surface area contributed by atoms with E-state index in [9.17, 15) is 0 Å². The molecule has 88 valence electrons. The zero-order valence-corrected chi connectivity index (χ0v) is 11.0. The average Bonchev–Trinajstić information content (AvgIpc) is 2.68. The largest absolute Gasteiger partial charge is 0.382 e. The molecule has 0 saturated heterocycles. The van der Waals surface area contributed by atoms with Crippen LogP contribution in [-0.4, -0.2) is 6.04 Å². The molecule has 0 aromatic heterocycles. The first kappa shape index (κ1) is 12.1. The lowest BCUT2D eigenvalue weighted by Gasteiger charge is -2.21. The molecule has 1 fully saturated rings. The SMILES string of the molecule is CC(Nc1cc(Cl)cc(Cl)c1)C1CCCC1. The van der Waals surface area contributed by atoms with Gasteiger partial charge in [-0.1, -0.05) is 36.0 Å². The molecule has 1 nitrogen and oxygen atoms in total. The number of hydrogen-bond donors (Lipinski definition) is 1. The van der Waals surface area contributed by atoms with Gasteiger partial charge in [0.05, 0.1) is 0 Å². The van der Waals surface area contributed by atoms with Crippen LogP contribution in [0, 0.1) is 5.92 Å². The molecule has 1 atom stereocenters. The Labute approximate surface area is 107 Å². The molecule has 0 bridgehead atoms. The van der Waals surface area contributed by atoms with Crippen molar-refractivity contribution in [1.29, 1.82) is 0 Å². The average molecular weight is 258 g/mol. The monoisotopic (exact) mass is 257 g/mol. The van der Waals surface area contributed by atoms with Crippen molar-refractivity contribution in [3.63, 3.8) is 0 Å². The lowest BCUT2D eigenvalue weighted by atomic mass is 9.99. The second kappa shape index (κ2) is 5.29. The highest BCUT2D eigenvalue weighted by Crippen LogP contribution is 2.30. The van der Waals surface area contributed by atoms with Gasteiger partial charge in [0.2, 0.25) is 0 Å². The summed E-state index contributed by atoms with van der Waals surface area (Å²) in [6, 6.07) is 6.11. The lowest BCUT2D eigenvalue weighted by molar-refractivity contribution is 0.482. The van der Waals surface area contributed by atoms with Crippen molar-refractivity contribution in [2.45, 2.75) is 38.6 Å². The van der Waals surface area contributed by atoms with E-state index >= 15 is 0 Å². The Kier molecular flexibility index (Phi) is 3.99. The molecule has 1 N–H and O–H groups in total. The Balaban J connectivity index is 2.02. The quantitative estimate of drug-likeness (QED) is 0.805. The molecular weight excluding hydrogens is 241 g/mol. The van der Waals surface area contributed by atoms with Crippen LogP contribution in [0.4, 0.5) is 5.69 Å². The fourth-order valence-corrected chi connectivity index (χ4v) is 3.00. The standard InChI is InChI=1S/C13H17Cl2N/c1-9(10-4-2-3-5-10)16-13-7-11(14)6-12(15)8-13/h6-10,16H,2-5H2,1H3. The van der Waals surface area contributed by atoms with Crippen molar-refractivity contribution in [3.05, 3.63) is 28.2 Å². The van der Waals surface area contributed by atoms with Gasteiger partial charge in [0, 0.05) is 21.8 Å². The summed E-state index contributed by atoms with van der Waals surface area (Å²) in [4.78, 5) is 0. The van der Waals surface area contributed by atoms with Gasteiger partial charge in [-0.3, -0.25) is 0 Å². The molecule has 0 amide bonds. The molecule has 16 heavy (non-hydrogen) atoms. The molecule has 1 aliphatic carbocycles. The molecule has 1 saturated carbocycles. The number of rotatable bonds is 3. The number of benzene rings is 1. The Morgan fingerprint density at radius 1 is 1.12 bits per heavy atom. The van der Waals surface area contributed by atoms with Gasteiger partial charge in [-0.2, -0.15) is 0 Å². The van der Waals surface area contributed by atoms with E-state index in [0.717, 1.165) is 11.6 Å². The van der Waals surface area contributed by atoms with E-state index in [1.54, 1.807) is 6.07 Å². The normalized spacial score (nSPS) is 18.7. The van der Waals surface area contributed by atoms with Crippen LogP contribution in [0.2, 0.25) is 10.0 Å². The van der Waals surface area contributed by atoms with Crippen molar-refractivity contribution < 1.29 is 0 Å². The van der Waals surface area contributed by atoms with E-state index in [2.05, 4.69) is 12.2 Å². The fraction of sp³-hybridized carbons (Fsp3) is 0.538. The highest BCUT2D eigenvalue weighted by atomic mass is 35.5. The van der Waals surface area contributed by atoms with Crippen LogP contribution in [0.15, 0.2) is 18.2 Å². The zero-order valence-electron chi connectivity index (χ0n) is 9.47. The summed E-state index contributed by atoms with van der Waals surface area (Å²) in [6.07, 6.45) is 5.41. The highest BCUT2D eigenvalue weighted by Gasteiger charge is 2.21. The van der Waals surface area contributed by atoms with Crippen molar-refractivity contribution >= 4 is 28.9 Å². The summed E-state index contributed by atoms with van der Waals surface area (Å²) in [5.41, 5.74) is 1.02. The van der Waals surface area contributed by atoms with Gasteiger partial charge < -0.3 is 5.32 Å². The van der Waals surface area contributed by atoms with Crippen molar-refractivity contribution in [3.8, 4) is 0 Å². The Morgan fingerprint density at radius 2 is 1.69 bits per heavy atom. The molecule has 0 aliphatic heterocycles. The van der Waals surface area contributed by atoms with Crippen LogP contribution in [0.3, 0.4) is 0 Å². The summed E-state index contributed by atoms with van der Waals surface area (Å²) >= 11 is 11.9. The molecule has 1 aromatic carbocycles. The lowest BCUT2D eigenvalue weighted by Crippen LogP contribution is -2.23. The van der Waals surface area contributed by atoms with Gasteiger partial charge in [-0.25, -0.2) is 0 Å². The maximum absolute atomic E-state index is 5.97. The van der Waals surface area contributed by atoms with E-state index in [1.807, 2.05) is 12.1 Å². The first-order chi connectivity index (χ1) is 7.65. The minimum absolute atomic E-state index is 0.497. The Bertz CT molecular complexity index is 339. The molecule has 0 spiro atoms. The molecule has 1 unspecified atom stereocenters. The summed E-state index contributed by atoms with van der Waals surface area (Å²) in [5, 5.41) is 4.87. The summed E-state index contributed by atoms with van der Waals surface area (Å²) in [6.45, 7) is 2.24. The van der Waals surface area contributed by atoms with Crippen molar-refractivity contribution in [2.24, 2.45) is 5.92 Å². The van der Waals surface area contributed by atoms with Crippen molar-refractivity contribution in [2.75, 3.05) is 5.32 Å². The van der Waals surface area contributed by atoms with Crippen LogP contribution < -0.4 is 5.32 Å². The topological polar surface area (TPSA) is 12.0 Å². The number of hydrogen-bond acceptors (Lipinski definition) is 1. The second-order valence-corrected chi connectivity index (χ2v) is 5.51. The maximum atomic E-state index is 5.97. The van der Waals surface area contributed by atoms with Gasteiger partial charge in [-0.15, -0.1) is 0 Å². The third-order valence-corrected chi connectivity index (χ3v) is 3.80.